The predicted octanol–water partition coefficient (Wildman–Crippen LogP) is 3.38. The van der Waals surface area contributed by atoms with Gasteiger partial charge in [0.05, 0.1) is 12.2 Å². The molecule has 1 aromatic heterocycles. The van der Waals surface area contributed by atoms with Gasteiger partial charge < -0.3 is 10.5 Å². The third-order valence-corrected chi connectivity index (χ3v) is 3.41. The van der Waals surface area contributed by atoms with E-state index in [1.807, 2.05) is 16.8 Å². The maximum atomic E-state index is 11.8. The Morgan fingerprint density at radius 3 is 2.94 bits per heavy atom. The number of halogens is 1. The minimum atomic E-state index is -0.440. The van der Waals surface area contributed by atoms with E-state index in [-0.39, 0.29) is 0 Å². The van der Waals surface area contributed by atoms with Gasteiger partial charge in [0.1, 0.15) is 0 Å². The Hall–Kier alpha value is -1.52. The first-order valence-electron chi connectivity index (χ1n) is 5.40. The zero-order chi connectivity index (χ0) is 13.0. The number of nitrogens with two attached hydrogens (primary N) is 1. The van der Waals surface area contributed by atoms with Crippen LogP contribution in [0.1, 0.15) is 15.9 Å². The van der Waals surface area contributed by atoms with Crippen molar-refractivity contribution < 1.29 is 9.53 Å². The van der Waals surface area contributed by atoms with Gasteiger partial charge in [-0.05, 0) is 40.6 Å². The standard InChI is InChI=1S/C13H12ClNO2S/c14-10-1-2-12(15)11(7-10)13(16)17-5-3-9-4-6-18-8-9/h1-2,4,6-8H,3,5,15H2. The summed E-state index contributed by atoms with van der Waals surface area (Å²) in [5.74, 6) is -0.440. The summed E-state index contributed by atoms with van der Waals surface area (Å²) in [6.07, 6.45) is 0.704. The topological polar surface area (TPSA) is 52.3 Å². The van der Waals surface area contributed by atoms with Gasteiger partial charge in [0.15, 0.2) is 0 Å². The van der Waals surface area contributed by atoms with Crippen molar-refractivity contribution in [3.05, 3.63) is 51.2 Å². The van der Waals surface area contributed by atoms with E-state index in [0.717, 1.165) is 5.56 Å². The second kappa shape index (κ2) is 5.89. The molecule has 2 aromatic rings. The number of rotatable bonds is 4. The molecule has 0 aliphatic heterocycles. The van der Waals surface area contributed by atoms with Crippen molar-refractivity contribution in [1.29, 1.82) is 0 Å². The van der Waals surface area contributed by atoms with Gasteiger partial charge in [-0.1, -0.05) is 11.6 Å². The van der Waals surface area contributed by atoms with Crippen molar-refractivity contribution in [1.82, 2.24) is 0 Å². The minimum absolute atomic E-state index is 0.313. The Morgan fingerprint density at radius 1 is 1.39 bits per heavy atom. The summed E-state index contributed by atoms with van der Waals surface area (Å²) < 4.78 is 5.16. The van der Waals surface area contributed by atoms with Crippen LogP contribution < -0.4 is 5.73 Å². The van der Waals surface area contributed by atoms with E-state index in [2.05, 4.69) is 0 Å². The number of ether oxygens (including phenoxy) is 1. The maximum absolute atomic E-state index is 11.8. The summed E-state index contributed by atoms with van der Waals surface area (Å²) >= 11 is 7.44. The monoisotopic (exact) mass is 281 g/mol. The van der Waals surface area contributed by atoms with Crippen LogP contribution in [-0.4, -0.2) is 12.6 Å². The van der Waals surface area contributed by atoms with Gasteiger partial charge in [0, 0.05) is 17.1 Å². The van der Waals surface area contributed by atoms with Gasteiger partial charge in [-0.3, -0.25) is 0 Å². The molecule has 0 spiro atoms. The third kappa shape index (κ3) is 3.24. The highest BCUT2D eigenvalue weighted by atomic mass is 35.5. The van der Waals surface area contributed by atoms with Crippen LogP contribution in [0.2, 0.25) is 5.02 Å². The highest BCUT2D eigenvalue weighted by Crippen LogP contribution is 2.19. The molecule has 0 unspecified atom stereocenters. The van der Waals surface area contributed by atoms with E-state index in [9.17, 15) is 4.79 Å². The molecule has 94 valence electrons. The van der Waals surface area contributed by atoms with Crippen LogP contribution in [0, 0.1) is 0 Å². The smallest absolute Gasteiger partial charge is 0.340 e. The minimum Gasteiger partial charge on any atom is -0.462 e. The first kappa shape index (κ1) is 12.9. The lowest BCUT2D eigenvalue weighted by Crippen LogP contribution is -2.10. The number of carbonyl (C=O) groups is 1. The number of benzene rings is 1. The van der Waals surface area contributed by atoms with E-state index in [0.29, 0.717) is 29.3 Å². The molecule has 0 bridgehead atoms. The van der Waals surface area contributed by atoms with Gasteiger partial charge in [-0.2, -0.15) is 11.3 Å². The third-order valence-electron chi connectivity index (χ3n) is 2.44. The molecule has 1 heterocycles. The summed E-state index contributed by atoms with van der Waals surface area (Å²) in [4.78, 5) is 11.8. The highest BCUT2D eigenvalue weighted by Gasteiger charge is 2.11. The number of thiophene rings is 1. The fourth-order valence-corrected chi connectivity index (χ4v) is 2.35. The Kier molecular flexibility index (Phi) is 4.23. The summed E-state index contributed by atoms with van der Waals surface area (Å²) in [5.41, 5.74) is 7.55. The largest absolute Gasteiger partial charge is 0.462 e. The van der Waals surface area contributed by atoms with Crippen LogP contribution >= 0.6 is 22.9 Å². The molecule has 0 atom stereocenters. The number of carbonyl (C=O) groups excluding carboxylic acids is 1. The Morgan fingerprint density at radius 2 is 2.22 bits per heavy atom. The van der Waals surface area contributed by atoms with Gasteiger partial charge in [-0.15, -0.1) is 0 Å². The molecule has 3 nitrogen and oxygen atoms in total. The van der Waals surface area contributed by atoms with Gasteiger partial charge in [0.25, 0.3) is 0 Å². The predicted molar refractivity (Wildman–Crippen MR) is 74.2 cm³/mol. The second-order valence-electron chi connectivity index (χ2n) is 3.75. The summed E-state index contributed by atoms with van der Waals surface area (Å²) in [6.45, 7) is 0.335. The number of hydrogen-bond acceptors (Lipinski definition) is 4. The number of hydrogen-bond donors (Lipinski definition) is 1. The lowest BCUT2D eigenvalue weighted by atomic mass is 10.2. The molecule has 0 amide bonds. The van der Waals surface area contributed by atoms with Crippen molar-refractivity contribution >= 4 is 34.6 Å². The van der Waals surface area contributed by atoms with Crippen molar-refractivity contribution in [2.75, 3.05) is 12.3 Å². The molecule has 1 aromatic carbocycles. The van der Waals surface area contributed by atoms with Crippen molar-refractivity contribution in [3.8, 4) is 0 Å². The van der Waals surface area contributed by atoms with Gasteiger partial charge in [0.2, 0.25) is 0 Å². The lowest BCUT2D eigenvalue weighted by molar-refractivity contribution is 0.0510. The SMILES string of the molecule is Nc1ccc(Cl)cc1C(=O)OCCc1ccsc1. The first-order chi connectivity index (χ1) is 8.66. The zero-order valence-corrected chi connectivity index (χ0v) is 11.1. The van der Waals surface area contributed by atoms with Gasteiger partial charge in [-0.25, -0.2) is 4.79 Å². The van der Waals surface area contributed by atoms with E-state index in [4.69, 9.17) is 22.1 Å². The molecule has 0 saturated carbocycles. The van der Waals surface area contributed by atoms with E-state index in [1.165, 1.54) is 6.07 Å². The molecule has 2 N–H and O–H groups in total. The lowest BCUT2D eigenvalue weighted by Gasteiger charge is -2.06. The zero-order valence-electron chi connectivity index (χ0n) is 9.56. The van der Waals surface area contributed by atoms with E-state index in [1.54, 1.807) is 23.5 Å². The van der Waals surface area contributed by atoms with Gasteiger partial charge >= 0.3 is 5.97 Å². The van der Waals surface area contributed by atoms with Crippen LogP contribution in [0.4, 0.5) is 5.69 Å². The maximum Gasteiger partial charge on any atom is 0.340 e. The molecule has 2 rings (SSSR count). The quantitative estimate of drug-likeness (QED) is 0.690. The Balaban J connectivity index is 1.93. The number of nitrogen functional groups attached to an aromatic ring is 1. The van der Waals surface area contributed by atoms with Crippen LogP contribution in [0.3, 0.4) is 0 Å². The van der Waals surface area contributed by atoms with E-state index >= 15 is 0 Å². The summed E-state index contributed by atoms with van der Waals surface area (Å²) in [7, 11) is 0. The average Bonchev–Trinajstić information content (AvgIpc) is 2.85. The normalized spacial score (nSPS) is 10.3. The van der Waals surface area contributed by atoms with E-state index < -0.39 is 5.97 Å². The summed E-state index contributed by atoms with van der Waals surface area (Å²) in [5, 5.41) is 4.49. The molecule has 0 radical (unpaired) electrons. The molecule has 0 fully saturated rings. The fraction of sp³-hybridized carbons (Fsp3) is 0.154. The second-order valence-corrected chi connectivity index (χ2v) is 4.97. The molecule has 18 heavy (non-hydrogen) atoms. The van der Waals surface area contributed by atoms with Crippen molar-refractivity contribution in [3.63, 3.8) is 0 Å². The van der Waals surface area contributed by atoms with Crippen LogP contribution in [0.5, 0.6) is 0 Å². The number of anilines is 1. The first-order valence-corrected chi connectivity index (χ1v) is 6.72. The molecule has 0 aliphatic rings. The molecular formula is C13H12ClNO2S. The highest BCUT2D eigenvalue weighted by molar-refractivity contribution is 7.07. The van der Waals surface area contributed by atoms with Crippen LogP contribution in [-0.2, 0) is 11.2 Å². The Labute approximate surface area is 114 Å². The average molecular weight is 282 g/mol. The fourth-order valence-electron chi connectivity index (χ4n) is 1.48. The van der Waals surface area contributed by atoms with Crippen LogP contribution in [0.25, 0.3) is 0 Å². The molecule has 0 aliphatic carbocycles. The van der Waals surface area contributed by atoms with Crippen molar-refractivity contribution in [2.45, 2.75) is 6.42 Å². The van der Waals surface area contributed by atoms with Crippen LogP contribution in [0.15, 0.2) is 35.0 Å². The summed E-state index contributed by atoms with van der Waals surface area (Å²) in [6, 6.07) is 6.76. The molecule has 5 heteroatoms. The molecular weight excluding hydrogens is 270 g/mol. The van der Waals surface area contributed by atoms with Crippen molar-refractivity contribution in [2.24, 2.45) is 0 Å². The number of esters is 1. The molecule has 0 saturated heterocycles. The Bertz CT molecular complexity index is 540.